The molecule has 0 aliphatic carbocycles. The summed E-state index contributed by atoms with van der Waals surface area (Å²) in [6.45, 7) is 0.869. The predicted octanol–water partition coefficient (Wildman–Crippen LogP) is -0.453. The number of aryl methyl sites for hydroxylation is 1. The molecule has 1 aromatic carbocycles. The molecule has 0 saturated heterocycles. The van der Waals surface area contributed by atoms with E-state index in [2.05, 4.69) is 10.1 Å². The van der Waals surface area contributed by atoms with Gasteiger partial charge in [-0.25, -0.2) is 4.98 Å². The third kappa shape index (κ3) is 2.06. The molecule has 7 heteroatoms. The van der Waals surface area contributed by atoms with E-state index < -0.39 is 6.04 Å². The summed E-state index contributed by atoms with van der Waals surface area (Å²) in [6.07, 6.45) is 1.89. The maximum absolute atomic E-state index is 11.9. The van der Waals surface area contributed by atoms with E-state index in [9.17, 15) is 5.21 Å². The molecule has 7 nitrogen and oxygen atoms in total. The summed E-state index contributed by atoms with van der Waals surface area (Å²) in [4.78, 5) is 4.86. The van der Waals surface area contributed by atoms with Crippen LogP contribution in [0.4, 0.5) is 0 Å². The molecule has 1 unspecified atom stereocenters. The van der Waals surface area contributed by atoms with Gasteiger partial charge in [0.15, 0.2) is 0 Å². The van der Waals surface area contributed by atoms with Gasteiger partial charge in [-0.15, -0.1) is 0 Å². The molecular formula is C12H15N5O2. The quantitative estimate of drug-likeness (QED) is 0.559. The Morgan fingerprint density at radius 3 is 3.11 bits per heavy atom. The van der Waals surface area contributed by atoms with Crippen molar-refractivity contribution in [1.82, 2.24) is 10.1 Å². The van der Waals surface area contributed by atoms with Crippen molar-refractivity contribution in [1.29, 1.82) is 0 Å². The van der Waals surface area contributed by atoms with Crippen LogP contribution in [0.15, 0.2) is 12.1 Å². The first-order valence-electron chi connectivity index (χ1n) is 6.22. The van der Waals surface area contributed by atoms with E-state index in [1.165, 1.54) is 0 Å². The zero-order chi connectivity index (χ0) is 13.4. The monoisotopic (exact) mass is 261 g/mol. The van der Waals surface area contributed by atoms with Crippen molar-refractivity contribution in [3.8, 4) is 5.75 Å². The van der Waals surface area contributed by atoms with Gasteiger partial charge in [0.05, 0.1) is 18.7 Å². The van der Waals surface area contributed by atoms with Crippen LogP contribution in [0.2, 0.25) is 0 Å². The second-order valence-electron chi connectivity index (χ2n) is 4.59. The van der Waals surface area contributed by atoms with Gasteiger partial charge in [-0.05, 0) is 29.3 Å². The largest absolute Gasteiger partial charge is 0.594 e. The van der Waals surface area contributed by atoms with Crippen molar-refractivity contribution in [3.05, 3.63) is 28.7 Å². The minimum Gasteiger partial charge on any atom is -0.594 e. The summed E-state index contributed by atoms with van der Waals surface area (Å²) in [5, 5.41) is 15.7. The molecule has 0 spiro atoms. The van der Waals surface area contributed by atoms with Crippen LogP contribution in [-0.2, 0) is 6.42 Å². The van der Waals surface area contributed by atoms with Gasteiger partial charge in [-0.1, -0.05) is 0 Å². The third-order valence-corrected chi connectivity index (χ3v) is 3.23. The number of ether oxygens (including phenoxy) is 1. The summed E-state index contributed by atoms with van der Waals surface area (Å²) in [5.74, 6) is 1.00. The Hall–Kier alpha value is -1.99. The fraction of sp³-hybridized carbons (Fsp3) is 0.417. The highest BCUT2D eigenvalue weighted by Crippen LogP contribution is 2.27. The second kappa shape index (κ2) is 4.60. The minimum absolute atomic E-state index is 0.194. The van der Waals surface area contributed by atoms with Crippen molar-refractivity contribution in [2.75, 3.05) is 13.2 Å². The number of hydrogen-bond acceptors (Lipinski definition) is 6. The van der Waals surface area contributed by atoms with E-state index in [-0.39, 0.29) is 12.4 Å². The van der Waals surface area contributed by atoms with Gasteiger partial charge in [-0.3, -0.25) is 0 Å². The third-order valence-electron chi connectivity index (χ3n) is 3.23. The van der Waals surface area contributed by atoms with Crippen molar-refractivity contribution in [2.24, 2.45) is 11.5 Å². The topological polar surface area (TPSA) is 114 Å². The molecule has 0 radical (unpaired) electrons. The van der Waals surface area contributed by atoms with Crippen LogP contribution in [0.1, 0.15) is 23.9 Å². The highest BCUT2D eigenvalue weighted by molar-refractivity contribution is 5.74. The Kier molecular flexibility index (Phi) is 2.92. The predicted molar refractivity (Wildman–Crippen MR) is 68.3 cm³/mol. The molecule has 2 heterocycles. The van der Waals surface area contributed by atoms with Crippen molar-refractivity contribution >= 4 is 11.0 Å². The van der Waals surface area contributed by atoms with E-state index in [1.54, 1.807) is 6.07 Å². The van der Waals surface area contributed by atoms with Gasteiger partial charge in [0.2, 0.25) is 5.82 Å². The highest BCUT2D eigenvalue weighted by atomic mass is 16.5. The Bertz CT molecular complexity index is 631. The zero-order valence-electron chi connectivity index (χ0n) is 10.4. The second-order valence-corrected chi connectivity index (χ2v) is 4.59. The molecule has 0 amide bonds. The molecule has 1 aromatic heterocycles. The van der Waals surface area contributed by atoms with E-state index in [1.807, 2.05) is 6.07 Å². The van der Waals surface area contributed by atoms with Crippen LogP contribution < -0.4 is 21.0 Å². The fourth-order valence-corrected chi connectivity index (χ4v) is 2.17. The maximum atomic E-state index is 11.9. The van der Waals surface area contributed by atoms with Gasteiger partial charge >= 0.3 is 0 Å². The van der Waals surface area contributed by atoms with Gasteiger partial charge in [-0.2, -0.15) is 0 Å². The number of nitrogens with zero attached hydrogens (tertiary/aromatic N) is 3. The van der Waals surface area contributed by atoms with Crippen LogP contribution in [0, 0.1) is 5.21 Å². The number of nitrogens with two attached hydrogens (primary N) is 2. The van der Waals surface area contributed by atoms with Crippen LogP contribution >= 0.6 is 0 Å². The van der Waals surface area contributed by atoms with Crippen LogP contribution in [0.3, 0.4) is 0 Å². The number of fused-ring (bicyclic) bond motifs is 2. The fourth-order valence-electron chi connectivity index (χ4n) is 2.17. The van der Waals surface area contributed by atoms with Crippen LogP contribution in [0.25, 0.3) is 11.0 Å². The summed E-state index contributed by atoms with van der Waals surface area (Å²) < 4.78 is 5.53. The Balaban J connectivity index is 2.18. The average molecular weight is 261 g/mol. The molecule has 0 bridgehead atoms. The summed E-state index contributed by atoms with van der Waals surface area (Å²) >= 11 is 0. The standard InChI is InChI=1S/C12H15N5O2/c13-6-8(14)12-15-9-4-7-2-1-3-19-11(7)5-10(9)17(18)16-12/h4-5,8H,1-3,6,13-14H2. The molecule has 19 heavy (non-hydrogen) atoms. The summed E-state index contributed by atoms with van der Waals surface area (Å²) in [7, 11) is 0. The highest BCUT2D eigenvalue weighted by Gasteiger charge is 2.20. The SMILES string of the molecule is NCC(N)c1nc2cc3c(cc2[n+]([O-])n1)OCCC3. The minimum atomic E-state index is -0.531. The van der Waals surface area contributed by atoms with Crippen molar-refractivity contribution in [3.63, 3.8) is 0 Å². The molecule has 4 N–H and O–H groups in total. The van der Waals surface area contributed by atoms with Gasteiger partial charge in [0.1, 0.15) is 11.3 Å². The zero-order valence-corrected chi connectivity index (χ0v) is 10.4. The van der Waals surface area contributed by atoms with Crippen LogP contribution in [0.5, 0.6) is 5.75 Å². The van der Waals surface area contributed by atoms with E-state index in [0.717, 1.165) is 24.2 Å². The lowest BCUT2D eigenvalue weighted by Gasteiger charge is -2.17. The van der Waals surface area contributed by atoms with Gasteiger partial charge in [0.25, 0.3) is 5.52 Å². The molecule has 0 fully saturated rings. The van der Waals surface area contributed by atoms with Crippen molar-refractivity contribution < 1.29 is 9.58 Å². The smallest absolute Gasteiger partial charge is 0.274 e. The molecule has 0 saturated carbocycles. The van der Waals surface area contributed by atoms with Crippen LogP contribution in [-0.4, -0.2) is 23.2 Å². The summed E-state index contributed by atoms with van der Waals surface area (Å²) in [5.41, 5.74) is 13.3. The lowest BCUT2D eigenvalue weighted by atomic mass is 10.1. The first-order chi connectivity index (χ1) is 9.19. The van der Waals surface area contributed by atoms with Gasteiger partial charge < -0.3 is 21.4 Å². The molecule has 1 aliphatic heterocycles. The van der Waals surface area contributed by atoms with Crippen molar-refractivity contribution in [2.45, 2.75) is 18.9 Å². The molecule has 100 valence electrons. The number of aromatic nitrogens is 3. The average Bonchev–Trinajstić information content (AvgIpc) is 2.44. The lowest BCUT2D eigenvalue weighted by Crippen LogP contribution is -2.37. The number of benzene rings is 1. The Labute approximate surface area is 109 Å². The Morgan fingerprint density at radius 2 is 2.32 bits per heavy atom. The first kappa shape index (κ1) is 12.1. The molecule has 1 aliphatic rings. The normalized spacial score (nSPS) is 15.9. The number of hydrogen-bond donors (Lipinski definition) is 2. The van der Waals surface area contributed by atoms with E-state index >= 15 is 0 Å². The van der Waals surface area contributed by atoms with E-state index in [4.69, 9.17) is 16.2 Å². The van der Waals surface area contributed by atoms with E-state index in [0.29, 0.717) is 22.5 Å². The molecule has 1 atom stereocenters. The molecular weight excluding hydrogens is 246 g/mol. The lowest BCUT2D eigenvalue weighted by molar-refractivity contribution is -0.644. The maximum Gasteiger partial charge on any atom is 0.274 e. The Morgan fingerprint density at radius 1 is 1.47 bits per heavy atom. The van der Waals surface area contributed by atoms with Gasteiger partial charge in [0, 0.05) is 11.6 Å². The number of rotatable bonds is 2. The molecule has 3 rings (SSSR count). The summed E-state index contributed by atoms with van der Waals surface area (Å²) in [6, 6.07) is 3.03. The molecule has 2 aromatic rings. The first-order valence-corrected chi connectivity index (χ1v) is 6.22.